The zero-order valence-corrected chi connectivity index (χ0v) is 22.4. The maximum absolute atomic E-state index is 11.6. The van der Waals surface area contributed by atoms with Crippen LogP contribution in [0.5, 0.6) is 0 Å². The fourth-order valence-electron chi connectivity index (χ4n) is 5.19. The molecule has 2 aromatic heterocycles. The molecule has 0 spiro atoms. The summed E-state index contributed by atoms with van der Waals surface area (Å²) in [5, 5.41) is 16.0. The van der Waals surface area contributed by atoms with Gasteiger partial charge in [0.2, 0.25) is 5.95 Å². The molecule has 192 valence electrons. The number of aromatic nitrogens is 3. The lowest BCUT2D eigenvalue weighted by molar-refractivity contribution is 0.0349. The van der Waals surface area contributed by atoms with Crippen molar-refractivity contribution in [1.82, 2.24) is 15.0 Å². The first-order chi connectivity index (χ1) is 17.2. The highest BCUT2D eigenvalue weighted by Crippen LogP contribution is 2.37. The van der Waals surface area contributed by atoms with Gasteiger partial charge in [0.05, 0.1) is 5.60 Å². The highest BCUT2D eigenvalue weighted by Gasteiger charge is 2.30. The minimum absolute atomic E-state index is 0.380. The monoisotopic (exact) mass is 508 g/mol. The fraction of sp³-hybridized carbons (Fsp3) is 0.519. The lowest BCUT2D eigenvalue weighted by atomic mass is 9.93. The smallest absolute Gasteiger partial charge is 0.227 e. The molecular weight excluding hydrogens is 472 g/mol. The van der Waals surface area contributed by atoms with Crippen LogP contribution in [0.2, 0.25) is 0 Å². The molecule has 9 heteroatoms. The third kappa shape index (κ3) is 5.32. The average molecular weight is 509 g/mol. The number of hydrogen-bond acceptors (Lipinski definition) is 8. The summed E-state index contributed by atoms with van der Waals surface area (Å²) in [4.78, 5) is 18.4. The first-order valence-electron chi connectivity index (χ1n) is 12.7. The van der Waals surface area contributed by atoms with Gasteiger partial charge in [-0.2, -0.15) is 4.98 Å². The van der Waals surface area contributed by atoms with E-state index < -0.39 is 16.4 Å². The van der Waals surface area contributed by atoms with E-state index in [-0.39, 0.29) is 0 Å². The van der Waals surface area contributed by atoms with Crippen LogP contribution in [-0.2, 0) is 10.8 Å². The Bertz CT molecular complexity index is 1260. The zero-order chi connectivity index (χ0) is 25.4. The van der Waals surface area contributed by atoms with Crippen LogP contribution in [0.4, 0.5) is 23.3 Å². The Morgan fingerprint density at radius 1 is 1.11 bits per heavy atom. The summed E-state index contributed by atoms with van der Waals surface area (Å²) in [6.45, 7) is 9.65. The molecule has 0 bridgehead atoms. The van der Waals surface area contributed by atoms with Gasteiger partial charge in [0, 0.05) is 78.4 Å². The van der Waals surface area contributed by atoms with Gasteiger partial charge in [-0.3, -0.25) is 4.21 Å². The lowest BCUT2D eigenvalue weighted by Crippen LogP contribution is -2.49. The second-order valence-electron chi connectivity index (χ2n) is 10.8. The molecule has 0 aliphatic carbocycles. The van der Waals surface area contributed by atoms with E-state index in [1.165, 1.54) is 16.6 Å². The van der Waals surface area contributed by atoms with E-state index in [4.69, 9.17) is 9.97 Å². The zero-order valence-electron chi connectivity index (χ0n) is 21.6. The molecule has 2 aliphatic rings. The van der Waals surface area contributed by atoms with Crippen LogP contribution in [0.15, 0.2) is 36.7 Å². The van der Waals surface area contributed by atoms with Crippen molar-refractivity contribution in [3.63, 3.8) is 0 Å². The lowest BCUT2D eigenvalue weighted by Gasteiger charge is -2.41. The number of aliphatic hydroxyl groups is 1. The number of piperidine rings is 1. The van der Waals surface area contributed by atoms with Crippen LogP contribution < -0.4 is 15.1 Å². The Morgan fingerprint density at radius 3 is 2.56 bits per heavy atom. The third-order valence-electron chi connectivity index (χ3n) is 7.32. The van der Waals surface area contributed by atoms with Gasteiger partial charge >= 0.3 is 0 Å². The molecule has 8 nitrogen and oxygen atoms in total. The van der Waals surface area contributed by atoms with Crippen molar-refractivity contribution >= 4 is 44.8 Å². The Morgan fingerprint density at radius 2 is 1.86 bits per heavy atom. The molecule has 0 amide bonds. The van der Waals surface area contributed by atoms with Crippen molar-refractivity contribution in [3.8, 4) is 0 Å². The second kappa shape index (κ2) is 9.94. The van der Waals surface area contributed by atoms with Gasteiger partial charge in [-0.05, 0) is 54.8 Å². The Hall–Kier alpha value is -2.78. The first-order valence-corrected chi connectivity index (χ1v) is 14.5. The first kappa shape index (κ1) is 24.9. The minimum Gasteiger partial charge on any atom is -0.390 e. The Labute approximate surface area is 215 Å². The molecule has 5 rings (SSSR count). The quantitative estimate of drug-likeness (QED) is 0.494. The Balaban J connectivity index is 1.38. The predicted octanol–water partition coefficient (Wildman–Crippen LogP) is 4.06. The number of nitrogens with one attached hydrogen (secondary N) is 1. The van der Waals surface area contributed by atoms with Crippen molar-refractivity contribution in [3.05, 3.63) is 42.2 Å². The fourth-order valence-corrected chi connectivity index (χ4v) is 6.06. The summed E-state index contributed by atoms with van der Waals surface area (Å²) in [5.41, 5.74) is 1.87. The van der Waals surface area contributed by atoms with Gasteiger partial charge in [0.25, 0.3) is 0 Å². The maximum Gasteiger partial charge on any atom is 0.227 e. The van der Waals surface area contributed by atoms with Crippen molar-refractivity contribution in [2.24, 2.45) is 5.92 Å². The van der Waals surface area contributed by atoms with E-state index in [0.29, 0.717) is 36.4 Å². The molecule has 2 fully saturated rings. The second-order valence-corrected chi connectivity index (χ2v) is 12.3. The minimum atomic E-state index is -0.754. The highest BCUT2D eigenvalue weighted by molar-refractivity contribution is 7.84. The largest absolute Gasteiger partial charge is 0.390 e. The van der Waals surface area contributed by atoms with Crippen LogP contribution in [0.25, 0.3) is 10.8 Å². The van der Waals surface area contributed by atoms with Crippen LogP contribution >= 0.6 is 0 Å². The summed E-state index contributed by atoms with van der Waals surface area (Å²) >= 11 is 0. The molecule has 36 heavy (non-hydrogen) atoms. The predicted molar refractivity (Wildman–Crippen MR) is 148 cm³/mol. The molecule has 4 heterocycles. The van der Waals surface area contributed by atoms with Crippen molar-refractivity contribution in [2.45, 2.75) is 45.1 Å². The SMILES string of the molecule is CC(C)c1ccc(N2CC(CS(C)=O)C2)c2cnc(Nc3ccnc(N4CCC(C)(O)CC4)n3)cc12. The Kier molecular flexibility index (Phi) is 6.87. The van der Waals surface area contributed by atoms with E-state index in [2.05, 4.69) is 52.1 Å². The molecule has 0 radical (unpaired) electrons. The summed E-state index contributed by atoms with van der Waals surface area (Å²) < 4.78 is 11.6. The average Bonchev–Trinajstić information content (AvgIpc) is 2.80. The van der Waals surface area contributed by atoms with E-state index in [0.717, 1.165) is 43.1 Å². The van der Waals surface area contributed by atoms with Gasteiger partial charge in [-0.15, -0.1) is 0 Å². The third-order valence-corrected chi connectivity index (χ3v) is 8.27. The van der Waals surface area contributed by atoms with E-state index in [1.54, 1.807) is 12.5 Å². The summed E-state index contributed by atoms with van der Waals surface area (Å²) in [5.74, 6) is 3.75. The molecule has 1 atom stereocenters. The standard InChI is InChI=1S/C27H36N6O2S/c1-18(2)20-5-6-23(33-15-19(16-33)17-36(4)35)22-14-29-25(13-21(20)22)30-24-7-10-28-26(31-24)32-11-8-27(3,34)9-12-32/h5-7,10,13-14,18-19,34H,8-9,11-12,15-17H2,1-4H3,(H,28,29,30,31). The van der Waals surface area contributed by atoms with Crippen molar-refractivity contribution in [1.29, 1.82) is 0 Å². The van der Waals surface area contributed by atoms with E-state index in [1.807, 2.05) is 19.2 Å². The molecule has 1 aromatic carbocycles. The molecular formula is C27H36N6O2S. The summed E-state index contributed by atoms with van der Waals surface area (Å²) in [6.07, 6.45) is 6.91. The number of pyridine rings is 1. The topological polar surface area (TPSA) is 94.5 Å². The number of rotatable bonds is 7. The van der Waals surface area contributed by atoms with Gasteiger partial charge in [-0.25, -0.2) is 9.97 Å². The van der Waals surface area contributed by atoms with Crippen molar-refractivity contribution in [2.75, 3.05) is 53.3 Å². The van der Waals surface area contributed by atoms with Crippen LogP contribution in [-0.4, -0.2) is 68.1 Å². The molecule has 3 aromatic rings. The normalized spacial score (nSPS) is 18.9. The number of benzene rings is 1. The molecule has 2 aliphatic heterocycles. The number of hydrogen-bond donors (Lipinski definition) is 2. The highest BCUT2D eigenvalue weighted by atomic mass is 32.2. The summed E-state index contributed by atoms with van der Waals surface area (Å²) in [6, 6.07) is 8.41. The molecule has 0 saturated carbocycles. The van der Waals surface area contributed by atoms with E-state index in [9.17, 15) is 9.32 Å². The maximum atomic E-state index is 11.6. The number of fused-ring (bicyclic) bond motifs is 1. The van der Waals surface area contributed by atoms with Gasteiger partial charge in [0.1, 0.15) is 11.6 Å². The number of anilines is 4. The van der Waals surface area contributed by atoms with Crippen LogP contribution in [0, 0.1) is 5.92 Å². The number of nitrogens with zero attached hydrogens (tertiary/aromatic N) is 5. The van der Waals surface area contributed by atoms with Gasteiger partial charge in [0.15, 0.2) is 0 Å². The van der Waals surface area contributed by atoms with Crippen LogP contribution in [0.1, 0.15) is 45.1 Å². The molecule has 2 N–H and O–H groups in total. The molecule has 2 saturated heterocycles. The van der Waals surface area contributed by atoms with Gasteiger partial charge in [-0.1, -0.05) is 19.9 Å². The van der Waals surface area contributed by atoms with Crippen molar-refractivity contribution < 1.29 is 9.32 Å². The molecule has 1 unspecified atom stereocenters. The summed E-state index contributed by atoms with van der Waals surface area (Å²) in [7, 11) is -0.754. The van der Waals surface area contributed by atoms with Gasteiger partial charge < -0.3 is 20.2 Å². The van der Waals surface area contributed by atoms with E-state index >= 15 is 0 Å². The van der Waals surface area contributed by atoms with Crippen LogP contribution in [0.3, 0.4) is 0 Å².